The van der Waals surface area contributed by atoms with Gasteiger partial charge >= 0.3 is 5.97 Å². The van der Waals surface area contributed by atoms with Crippen molar-refractivity contribution in [3.05, 3.63) is 0 Å². The highest BCUT2D eigenvalue weighted by atomic mass is 16.5. The van der Waals surface area contributed by atoms with Crippen molar-refractivity contribution in [2.24, 2.45) is 17.6 Å². The maximum atomic E-state index is 11.8. The van der Waals surface area contributed by atoms with Crippen LogP contribution in [-0.2, 0) is 14.3 Å². The molecular formula is C14H25NO3. The summed E-state index contributed by atoms with van der Waals surface area (Å²) in [5.41, 5.74) is 5.26. The Bertz CT molecular complexity index is 285. The van der Waals surface area contributed by atoms with Gasteiger partial charge in [0.15, 0.2) is 0 Å². The van der Waals surface area contributed by atoms with Crippen molar-refractivity contribution in [1.29, 1.82) is 0 Å². The van der Waals surface area contributed by atoms with Crippen molar-refractivity contribution in [3.63, 3.8) is 0 Å². The largest absolute Gasteiger partial charge is 0.468 e. The Morgan fingerprint density at radius 1 is 1.22 bits per heavy atom. The first kappa shape index (κ1) is 13.8. The second-order valence-electron chi connectivity index (χ2n) is 5.83. The molecule has 0 aromatic carbocycles. The standard InChI is InChI=1S/C14H25NO3/c1-17-13(16)14(15,12-7-8-12)10-18-9-11-5-3-2-4-6-11/h11-12H,2-10,15H2,1H3. The van der Waals surface area contributed by atoms with E-state index in [9.17, 15) is 4.79 Å². The minimum atomic E-state index is -0.913. The monoisotopic (exact) mass is 255 g/mol. The molecule has 0 amide bonds. The van der Waals surface area contributed by atoms with E-state index in [0.29, 0.717) is 12.5 Å². The first-order valence-corrected chi connectivity index (χ1v) is 7.12. The summed E-state index contributed by atoms with van der Waals surface area (Å²) < 4.78 is 10.6. The average Bonchev–Trinajstić information content (AvgIpc) is 3.23. The molecule has 18 heavy (non-hydrogen) atoms. The Kier molecular flexibility index (Phi) is 4.62. The van der Waals surface area contributed by atoms with Crippen LogP contribution in [0, 0.1) is 11.8 Å². The minimum Gasteiger partial charge on any atom is -0.468 e. The molecule has 104 valence electrons. The molecule has 2 N–H and O–H groups in total. The van der Waals surface area contributed by atoms with Crippen molar-refractivity contribution in [1.82, 2.24) is 0 Å². The molecule has 2 aliphatic carbocycles. The molecule has 4 nitrogen and oxygen atoms in total. The molecule has 0 spiro atoms. The zero-order chi connectivity index (χ0) is 13.0. The normalized spacial score (nSPS) is 24.6. The predicted molar refractivity (Wildman–Crippen MR) is 69.1 cm³/mol. The summed E-state index contributed by atoms with van der Waals surface area (Å²) in [7, 11) is 1.40. The smallest absolute Gasteiger partial charge is 0.328 e. The van der Waals surface area contributed by atoms with Gasteiger partial charge in [-0.05, 0) is 37.5 Å². The molecule has 1 unspecified atom stereocenters. The summed E-state index contributed by atoms with van der Waals surface area (Å²) in [6, 6.07) is 0. The van der Waals surface area contributed by atoms with E-state index in [-0.39, 0.29) is 11.9 Å². The third kappa shape index (κ3) is 3.23. The lowest BCUT2D eigenvalue weighted by molar-refractivity contribution is -0.151. The molecular weight excluding hydrogens is 230 g/mol. The van der Waals surface area contributed by atoms with Crippen molar-refractivity contribution >= 4 is 5.97 Å². The topological polar surface area (TPSA) is 61.5 Å². The van der Waals surface area contributed by atoms with Gasteiger partial charge in [0.25, 0.3) is 0 Å². The molecule has 0 saturated heterocycles. The zero-order valence-electron chi connectivity index (χ0n) is 11.3. The molecule has 0 aliphatic heterocycles. The SMILES string of the molecule is COC(=O)C(N)(COCC1CCCCC1)C1CC1. The molecule has 0 aromatic heterocycles. The Balaban J connectivity index is 1.77. The van der Waals surface area contributed by atoms with Crippen LogP contribution in [0.15, 0.2) is 0 Å². The molecule has 0 bridgehead atoms. The van der Waals surface area contributed by atoms with Gasteiger partial charge in [-0.15, -0.1) is 0 Å². The fourth-order valence-corrected chi connectivity index (χ4v) is 2.88. The summed E-state index contributed by atoms with van der Waals surface area (Å²) in [6.45, 7) is 1.05. The van der Waals surface area contributed by atoms with E-state index in [0.717, 1.165) is 19.4 Å². The van der Waals surface area contributed by atoms with Gasteiger partial charge in [-0.1, -0.05) is 19.3 Å². The predicted octanol–water partition coefficient (Wildman–Crippen LogP) is 1.86. The molecule has 0 radical (unpaired) electrons. The Morgan fingerprint density at radius 3 is 2.44 bits per heavy atom. The second kappa shape index (κ2) is 6.02. The maximum Gasteiger partial charge on any atom is 0.328 e. The van der Waals surface area contributed by atoms with Crippen LogP contribution in [-0.4, -0.2) is 31.8 Å². The fraction of sp³-hybridized carbons (Fsp3) is 0.929. The van der Waals surface area contributed by atoms with E-state index in [1.807, 2.05) is 0 Å². The summed E-state index contributed by atoms with van der Waals surface area (Å²) in [5, 5.41) is 0. The second-order valence-corrected chi connectivity index (χ2v) is 5.83. The van der Waals surface area contributed by atoms with E-state index in [2.05, 4.69) is 0 Å². The number of carbonyl (C=O) groups excluding carboxylic acids is 1. The minimum absolute atomic E-state index is 0.247. The summed E-state index contributed by atoms with van der Waals surface area (Å²) >= 11 is 0. The lowest BCUT2D eigenvalue weighted by Crippen LogP contribution is -2.54. The molecule has 0 aromatic rings. The quantitative estimate of drug-likeness (QED) is 0.736. The molecule has 2 rings (SSSR count). The Hall–Kier alpha value is -0.610. The molecule has 0 heterocycles. The number of hydrogen-bond acceptors (Lipinski definition) is 4. The van der Waals surface area contributed by atoms with E-state index >= 15 is 0 Å². The van der Waals surface area contributed by atoms with Gasteiger partial charge in [-0.2, -0.15) is 0 Å². The van der Waals surface area contributed by atoms with Crippen LogP contribution in [0.3, 0.4) is 0 Å². The highest BCUT2D eigenvalue weighted by Gasteiger charge is 2.49. The van der Waals surface area contributed by atoms with Crippen molar-refractivity contribution in [3.8, 4) is 0 Å². The third-order valence-corrected chi connectivity index (χ3v) is 4.29. The van der Waals surface area contributed by atoms with Crippen LogP contribution in [0.25, 0.3) is 0 Å². The maximum absolute atomic E-state index is 11.8. The van der Waals surface area contributed by atoms with Crippen molar-refractivity contribution in [2.75, 3.05) is 20.3 Å². The van der Waals surface area contributed by atoms with E-state index in [1.54, 1.807) is 0 Å². The average molecular weight is 255 g/mol. The fourth-order valence-electron chi connectivity index (χ4n) is 2.88. The van der Waals surface area contributed by atoms with Gasteiger partial charge in [0.05, 0.1) is 13.7 Å². The summed E-state index contributed by atoms with van der Waals surface area (Å²) in [5.74, 6) is 0.574. The van der Waals surface area contributed by atoms with Crippen molar-refractivity contribution < 1.29 is 14.3 Å². The number of hydrogen-bond donors (Lipinski definition) is 1. The highest BCUT2D eigenvalue weighted by Crippen LogP contribution is 2.39. The Morgan fingerprint density at radius 2 is 1.89 bits per heavy atom. The van der Waals surface area contributed by atoms with Gasteiger partial charge in [-0.25, -0.2) is 4.79 Å². The van der Waals surface area contributed by atoms with E-state index in [4.69, 9.17) is 15.2 Å². The van der Waals surface area contributed by atoms with Crippen LogP contribution < -0.4 is 5.73 Å². The Labute approximate surface area is 109 Å². The van der Waals surface area contributed by atoms with Gasteiger partial charge in [0.1, 0.15) is 5.54 Å². The van der Waals surface area contributed by atoms with Crippen molar-refractivity contribution in [2.45, 2.75) is 50.5 Å². The van der Waals surface area contributed by atoms with Crippen LogP contribution >= 0.6 is 0 Å². The van der Waals surface area contributed by atoms with E-state index in [1.165, 1.54) is 39.2 Å². The van der Waals surface area contributed by atoms with E-state index < -0.39 is 5.54 Å². The lowest BCUT2D eigenvalue weighted by Gasteiger charge is -2.28. The molecule has 1 atom stereocenters. The number of esters is 1. The lowest BCUT2D eigenvalue weighted by atomic mass is 9.90. The van der Waals surface area contributed by atoms with Gasteiger partial charge in [0, 0.05) is 6.61 Å². The van der Waals surface area contributed by atoms with Gasteiger partial charge in [0.2, 0.25) is 0 Å². The molecule has 2 aliphatic rings. The van der Waals surface area contributed by atoms with Crippen LogP contribution in [0.1, 0.15) is 44.9 Å². The first-order valence-electron chi connectivity index (χ1n) is 7.12. The number of methoxy groups -OCH3 is 1. The van der Waals surface area contributed by atoms with Gasteiger partial charge < -0.3 is 15.2 Å². The van der Waals surface area contributed by atoms with Crippen LogP contribution in [0.5, 0.6) is 0 Å². The van der Waals surface area contributed by atoms with Crippen LogP contribution in [0.4, 0.5) is 0 Å². The molecule has 2 fully saturated rings. The number of carbonyl (C=O) groups is 1. The third-order valence-electron chi connectivity index (χ3n) is 4.29. The van der Waals surface area contributed by atoms with Crippen LogP contribution in [0.2, 0.25) is 0 Å². The first-order chi connectivity index (χ1) is 8.66. The number of ether oxygens (including phenoxy) is 2. The molecule has 2 saturated carbocycles. The highest BCUT2D eigenvalue weighted by molar-refractivity contribution is 5.81. The number of nitrogens with two attached hydrogens (primary N) is 1. The summed E-state index contributed by atoms with van der Waals surface area (Å²) in [6.07, 6.45) is 8.49. The molecule has 4 heteroatoms. The van der Waals surface area contributed by atoms with Gasteiger partial charge in [-0.3, -0.25) is 0 Å². The summed E-state index contributed by atoms with van der Waals surface area (Å²) in [4.78, 5) is 11.8. The number of rotatable bonds is 6. The zero-order valence-corrected chi connectivity index (χ0v) is 11.3.